The van der Waals surface area contributed by atoms with Crippen molar-refractivity contribution in [3.05, 3.63) is 23.5 Å². The number of aromatic nitrogens is 2. The van der Waals surface area contributed by atoms with Crippen LogP contribution in [0.25, 0.3) is 10.2 Å². The van der Waals surface area contributed by atoms with Crippen LogP contribution in [0.4, 0.5) is 0 Å². The molecule has 0 aromatic carbocycles. The molecule has 2 heterocycles. The van der Waals surface area contributed by atoms with Crippen LogP contribution in [0, 0.1) is 5.41 Å². The van der Waals surface area contributed by atoms with Crippen LogP contribution >= 0.6 is 11.3 Å². The van der Waals surface area contributed by atoms with Crippen molar-refractivity contribution in [2.75, 3.05) is 0 Å². The summed E-state index contributed by atoms with van der Waals surface area (Å²) >= 11 is 1.60. The molecule has 4 nitrogen and oxygen atoms in total. The van der Waals surface area contributed by atoms with Crippen LogP contribution in [0.1, 0.15) is 43.5 Å². The normalized spacial score (nSPS) is 18.8. The van der Waals surface area contributed by atoms with Gasteiger partial charge in [0.25, 0.3) is 0 Å². The van der Waals surface area contributed by atoms with Crippen LogP contribution < -0.4 is 0 Å². The van der Waals surface area contributed by atoms with Gasteiger partial charge < -0.3 is 5.11 Å². The van der Waals surface area contributed by atoms with E-state index in [1.807, 2.05) is 6.07 Å². The Kier molecular flexibility index (Phi) is 3.70. The number of carboxylic acids is 1. The van der Waals surface area contributed by atoms with E-state index in [-0.39, 0.29) is 0 Å². The smallest absolute Gasteiger partial charge is 0.310 e. The van der Waals surface area contributed by atoms with Crippen molar-refractivity contribution in [2.24, 2.45) is 5.41 Å². The Balaban J connectivity index is 1.90. The number of thiazole rings is 1. The number of pyridine rings is 1. The van der Waals surface area contributed by atoms with Gasteiger partial charge in [0.15, 0.2) is 0 Å². The summed E-state index contributed by atoms with van der Waals surface area (Å²) in [5, 5.41) is 10.6. The Morgan fingerprint density at radius 3 is 2.70 bits per heavy atom. The monoisotopic (exact) mass is 290 g/mol. The van der Waals surface area contributed by atoms with Crippen LogP contribution in [-0.4, -0.2) is 21.0 Å². The lowest BCUT2D eigenvalue weighted by atomic mass is 9.78. The number of nitrogens with zero attached hydrogens (tertiary/aromatic N) is 2. The maximum atomic E-state index is 11.8. The fourth-order valence-corrected chi connectivity index (χ4v) is 4.14. The van der Waals surface area contributed by atoms with Gasteiger partial charge in [0.2, 0.25) is 0 Å². The third-order valence-electron chi connectivity index (χ3n) is 4.24. The third kappa shape index (κ3) is 2.54. The van der Waals surface area contributed by atoms with Gasteiger partial charge in [-0.1, -0.05) is 25.7 Å². The Hall–Kier alpha value is -1.49. The average Bonchev–Trinajstić information content (AvgIpc) is 2.67. The molecular weight excluding hydrogens is 272 g/mol. The minimum absolute atomic E-state index is 0.557. The van der Waals surface area contributed by atoms with Gasteiger partial charge in [-0.05, 0) is 18.9 Å². The lowest BCUT2D eigenvalue weighted by Crippen LogP contribution is -2.32. The predicted molar refractivity (Wildman–Crippen MR) is 78.9 cm³/mol. The molecule has 3 rings (SSSR count). The van der Waals surface area contributed by atoms with E-state index in [4.69, 9.17) is 0 Å². The molecule has 1 aliphatic rings. The van der Waals surface area contributed by atoms with Crippen molar-refractivity contribution in [1.29, 1.82) is 0 Å². The van der Waals surface area contributed by atoms with Gasteiger partial charge >= 0.3 is 5.97 Å². The highest BCUT2D eigenvalue weighted by Gasteiger charge is 2.39. The summed E-state index contributed by atoms with van der Waals surface area (Å²) < 4.78 is 1.09. The molecule has 1 fully saturated rings. The Morgan fingerprint density at radius 1 is 1.30 bits per heavy atom. The number of fused-ring (bicyclic) bond motifs is 1. The molecule has 106 valence electrons. The maximum absolute atomic E-state index is 11.8. The number of carbonyl (C=O) groups is 1. The van der Waals surface area contributed by atoms with E-state index in [1.54, 1.807) is 23.7 Å². The molecular formula is C15H18N2O2S. The Bertz CT molecular complexity index is 582. The number of hydrogen-bond acceptors (Lipinski definition) is 4. The highest BCUT2D eigenvalue weighted by atomic mass is 32.1. The van der Waals surface area contributed by atoms with Crippen LogP contribution in [0.15, 0.2) is 18.5 Å². The zero-order valence-electron chi connectivity index (χ0n) is 11.3. The number of rotatable bonds is 3. The molecule has 0 saturated heterocycles. The summed E-state index contributed by atoms with van der Waals surface area (Å²) in [6, 6.07) is 1.94. The summed E-state index contributed by atoms with van der Waals surface area (Å²) in [6.45, 7) is 0. The van der Waals surface area contributed by atoms with E-state index >= 15 is 0 Å². The second-order valence-electron chi connectivity index (χ2n) is 5.63. The van der Waals surface area contributed by atoms with E-state index in [0.29, 0.717) is 6.42 Å². The van der Waals surface area contributed by atoms with Crippen molar-refractivity contribution < 1.29 is 9.90 Å². The first-order chi connectivity index (χ1) is 9.70. The van der Waals surface area contributed by atoms with Crippen molar-refractivity contribution >= 4 is 27.5 Å². The molecule has 5 heteroatoms. The first-order valence-electron chi connectivity index (χ1n) is 7.12. The highest BCUT2D eigenvalue weighted by molar-refractivity contribution is 7.18. The van der Waals surface area contributed by atoms with Gasteiger partial charge in [-0.25, -0.2) is 4.98 Å². The molecule has 0 unspecified atom stereocenters. The molecule has 0 amide bonds. The molecule has 0 bridgehead atoms. The lowest BCUT2D eigenvalue weighted by Gasteiger charge is -2.26. The van der Waals surface area contributed by atoms with Gasteiger partial charge in [0.05, 0.1) is 26.8 Å². The number of aliphatic carboxylic acids is 1. The SMILES string of the molecule is O=C(O)C1(Cc2nc3cnccc3s2)CCCCCC1. The lowest BCUT2D eigenvalue weighted by molar-refractivity contribution is -0.149. The van der Waals surface area contributed by atoms with Gasteiger partial charge in [-0.3, -0.25) is 9.78 Å². The standard InChI is InChI=1S/C15H18N2O2S/c18-14(19)15(6-3-1-2-4-7-15)9-13-17-11-10-16-8-5-12(11)20-13/h5,8,10H,1-4,6-7,9H2,(H,18,19). The third-order valence-corrected chi connectivity index (χ3v) is 5.27. The van der Waals surface area contributed by atoms with Crippen molar-refractivity contribution in [1.82, 2.24) is 9.97 Å². The minimum atomic E-state index is -0.656. The molecule has 20 heavy (non-hydrogen) atoms. The summed E-state index contributed by atoms with van der Waals surface area (Å²) in [5.41, 5.74) is 0.263. The molecule has 0 radical (unpaired) electrons. The molecule has 0 spiro atoms. The average molecular weight is 290 g/mol. The second-order valence-corrected chi connectivity index (χ2v) is 6.74. The second kappa shape index (κ2) is 5.48. The highest BCUT2D eigenvalue weighted by Crippen LogP contribution is 2.39. The fourth-order valence-electron chi connectivity index (χ4n) is 3.06. The molecule has 2 aromatic rings. The number of carboxylic acid groups (broad SMARTS) is 1. The van der Waals surface area contributed by atoms with E-state index in [1.165, 1.54) is 0 Å². The minimum Gasteiger partial charge on any atom is -0.481 e. The topological polar surface area (TPSA) is 63.1 Å². The molecule has 0 aliphatic heterocycles. The van der Waals surface area contributed by atoms with Gasteiger partial charge in [0, 0.05) is 12.6 Å². The zero-order chi connectivity index (χ0) is 14.0. The summed E-state index contributed by atoms with van der Waals surface area (Å²) in [6.07, 6.45) is 9.93. The summed E-state index contributed by atoms with van der Waals surface area (Å²) in [4.78, 5) is 20.4. The Labute approximate surface area is 121 Å². The van der Waals surface area contributed by atoms with E-state index in [9.17, 15) is 9.90 Å². The van der Waals surface area contributed by atoms with Crippen molar-refractivity contribution in [3.8, 4) is 0 Å². The first-order valence-corrected chi connectivity index (χ1v) is 7.94. The predicted octanol–water partition coefficient (Wildman–Crippen LogP) is 3.66. The Morgan fingerprint density at radius 2 is 2.05 bits per heavy atom. The molecule has 2 aromatic heterocycles. The van der Waals surface area contributed by atoms with Crippen LogP contribution in [0.3, 0.4) is 0 Å². The summed E-state index contributed by atoms with van der Waals surface area (Å²) in [7, 11) is 0. The van der Waals surface area contributed by atoms with E-state index in [0.717, 1.165) is 53.7 Å². The van der Waals surface area contributed by atoms with Gasteiger partial charge in [-0.15, -0.1) is 11.3 Å². The van der Waals surface area contributed by atoms with Gasteiger partial charge in [-0.2, -0.15) is 0 Å². The van der Waals surface area contributed by atoms with Crippen molar-refractivity contribution in [3.63, 3.8) is 0 Å². The van der Waals surface area contributed by atoms with Crippen LogP contribution in [0.5, 0.6) is 0 Å². The van der Waals surface area contributed by atoms with Crippen molar-refractivity contribution in [2.45, 2.75) is 44.9 Å². The van der Waals surface area contributed by atoms with Crippen LogP contribution in [-0.2, 0) is 11.2 Å². The van der Waals surface area contributed by atoms with E-state index < -0.39 is 11.4 Å². The number of hydrogen-bond donors (Lipinski definition) is 1. The molecule has 1 N–H and O–H groups in total. The largest absolute Gasteiger partial charge is 0.481 e. The molecule has 0 atom stereocenters. The maximum Gasteiger partial charge on any atom is 0.310 e. The van der Waals surface area contributed by atoms with Gasteiger partial charge in [0.1, 0.15) is 0 Å². The van der Waals surface area contributed by atoms with E-state index in [2.05, 4.69) is 9.97 Å². The summed E-state index contributed by atoms with van der Waals surface area (Å²) in [5.74, 6) is -0.656. The fraction of sp³-hybridized carbons (Fsp3) is 0.533. The van der Waals surface area contributed by atoms with Crippen LogP contribution in [0.2, 0.25) is 0 Å². The first kappa shape index (κ1) is 13.5. The zero-order valence-corrected chi connectivity index (χ0v) is 12.2. The molecule has 1 aliphatic carbocycles. The molecule has 1 saturated carbocycles. The quantitative estimate of drug-likeness (QED) is 0.876.